The second-order valence-electron chi connectivity index (χ2n) is 2.97. The lowest BCUT2D eigenvalue weighted by atomic mass is 10.4. The van der Waals surface area contributed by atoms with E-state index in [1.807, 2.05) is 20.5 Å². The van der Waals surface area contributed by atoms with E-state index < -0.39 is 5.47 Å². The highest BCUT2D eigenvalue weighted by Crippen LogP contribution is 2.61. The number of H-pyrrole nitrogens is 1. The molecule has 80 valence electrons. The van der Waals surface area contributed by atoms with Crippen LogP contribution < -0.4 is 0 Å². The number of nitrogens with zero attached hydrogens (tertiary/aromatic N) is 2. The van der Waals surface area contributed by atoms with Crippen molar-refractivity contribution in [1.82, 2.24) is 15.2 Å². The molecule has 1 aromatic rings. The molecule has 0 saturated heterocycles. The average Bonchev–Trinajstić information content (AvgIpc) is 2.51. The Labute approximate surface area is 93.1 Å². The van der Waals surface area contributed by atoms with Gasteiger partial charge in [-0.3, -0.25) is 5.10 Å². The van der Waals surface area contributed by atoms with Crippen LogP contribution in [0, 0.1) is 6.92 Å². The highest BCUT2D eigenvalue weighted by atomic mass is 32.9. The summed E-state index contributed by atoms with van der Waals surface area (Å²) < 4.78 is 5.26. The Hall–Kier alpha value is 0.1000. The van der Waals surface area contributed by atoms with Crippen molar-refractivity contribution in [2.24, 2.45) is 0 Å². The lowest BCUT2D eigenvalue weighted by Gasteiger charge is -2.17. The van der Waals surface area contributed by atoms with Gasteiger partial charge in [-0.05, 0) is 20.5 Å². The minimum atomic E-state index is -1.72. The van der Waals surface area contributed by atoms with Crippen molar-refractivity contribution < 1.29 is 4.52 Å². The largest absolute Gasteiger partial charge is 0.345 e. The molecule has 1 aromatic heterocycles. The van der Waals surface area contributed by atoms with E-state index in [1.54, 1.807) is 18.5 Å². The molecule has 1 heterocycles. The van der Waals surface area contributed by atoms with Crippen LogP contribution in [0.5, 0.6) is 0 Å². The van der Waals surface area contributed by atoms with Crippen molar-refractivity contribution in [2.45, 2.75) is 19.1 Å². The zero-order chi connectivity index (χ0) is 10.8. The minimum absolute atomic E-state index is 0.201. The maximum Gasteiger partial charge on any atom is 0.147 e. The van der Waals surface area contributed by atoms with Gasteiger partial charge in [-0.15, -0.1) is 0 Å². The number of hydrogen-bond acceptors (Lipinski definition) is 5. The summed E-state index contributed by atoms with van der Waals surface area (Å²) in [6.07, 6.45) is 0. The summed E-state index contributed by atoms with van der Waals surface area (Å²) in [5.74, 6) is 1.62. The monoisotopic (exact) mass is 251 g/mol. The first-order valence-electron chi connectivity index (χ1n) is 4.15. The Kier molecular flexibility index (Phi) is 4.13. The third-order valence-electron chi connectivity index (χ3n) is 1.68. The standard InChI is InChI=1S/C7H14N3OPS2/c1-5(14-12(4,13)11-3)7-8-6(2)9-10-7/h5H,1-4H3,(H,8,9,10). The van der Waals surface area contributed by atoms with Gasteiger partial charge in [-0.2, -0.15) is 5.10 Å². The van der Waals surface area contributed by atoms with E-state index in [4.69, 9.17) is 16.3 Å². The predicted octanol–water partition coefficient (Wildman–Crippen LogP) is 2.49. The third kappa shape index (κ3) is 3.35. The fourth-order valence-corrected chi connectivity index (χ4v) is 5.23. The predicted molar refractivity (Wildman–Crippen MR) is 64.3 cm³/mol. The van der Waals surface area contributed by atoms with E-state index in [-0.39, 0.29) is 5.25 Å². The zero-order valence-electron chi connectivity index (χ0n) is 8.64. The van der Waals surface area contributed by atoms with Gasteiger partial charge in [0.15, 0.2) is 0 Å². The van der Waals surface area contributed by atoms with Gasteiger partial charge in [0.1, 0.15) is 17.1 Å². The Bertz CT molecular complexity index is 354. The van der Waals surface area contributed by atoms with Gasteiger partial charge < -0.3 is 4.52 Å². The molecule has 0 aliphatic heterocycles. The van der Waals surface area contributed by atoms with Crippen LogP contribution in [-0.4, -0.2) is 29.0 Å². The highest BCUT2D eigenvalue weighted by Gasteiger charge is 2.18. The van der Waals surface area contributed by atoms with Crippen LogP contribution in [0.15, 0.2) is 0 Å². The normalized spacial score (nSPS) is 17.7. The number of nitrogens with one attached hydrogen (secondary N) is 1. The van der Waals surface area contributed by atoms with E-state index in [9.17, 15) is 0 Å². The second-order valence-corrected chi connectivity index (χ2v) is 11.3. The summed E-state index contributed by atoms with van der Waals surface area (Å²) in [5.41, 5.74) is -1.72. The first-order valence-corrected chi connectivity index (χ1v) is 8.80. The molecule has 1 N–H and O–H groups in total. The fraction of sp³-hybridized carbons (Fsp3) is 0.714. The van der Waals surface area contributed by atoms with Gasteiger partial charge >= 0.3 is 0 Å². The quantitative estimate of drug-likeness (QED) is 0.833. The molecule has 0 aliphatic rings. The fourth-order valence-electron chi connectivity index (χ4n) is 0.924. The van der Waals surface area contributed by atoms with Crippen LogP contribution in [-0.2, 0) is 16.3 Å². The highest BCUT2D eigenvalue weighted by molar-refractivity contribution is 8.69. The second kappa shape index (κ2) is 4.75. The van der Waals surface area contributed by atoms with Gasteiger partial charge in [0.2, 0.25) is 0 Å². The third-order valence-corrected chi connectivity index (χ3v) is 7.03. The van der Waals surface area contributed by atoms with Crippen LogP contribution in [0.2, 0.25) is 0 Å². The molecule has 1 rings (SSSR count). The van der Waals surface area contributed by atoms with Crippen molar-refractivity contribution in [3.63, 3.8) is 0 Å². The van der Waals surface area contributed by atoms with Gasteiger partial charge in [0, 0.05) is 7.11 Å². The summed E-state index contributed by atoms with van der Waals surface area (Å²) in [5, 5.41) is 7.07. The van der Waals surface area contributed by atoms with Crippen molar-refractivity contribution in [3.05, 3.63) is 11.6 Å². The number of aryl methyl sites for hydroxylation is 1. The van der Waals surface area contributed by atoms with Crippen molar-refractivity contribution in [3.8, 4) is 0 Å². The molecule has 0 aromatic carbocycles. The van der Waals surface area contributed by atoms with E-state index >= 15 is 0 Å². The molecule has 0 fully saturated rings. The number of rotatable bonds is 4. The molecule has 0 spiro atoms. The molecule has 0 aliphatic carbocycles. The molecular formula is C7H14N3OPS2. The lowest BCUT2D eigenvalue weighted by Crippen LogP contribution is -1.92. The molecule has 0 radical (unpaired) electrons. The number of aromatic nitrogens is 3. The molecule has 2 unspecified atom stereocenters. The van der Waals surface area contributed by atoms with Gasteiger partial charge in [0.25, 0.3) is 0 Å². The first-order chi connectivity index (χ1) is 6.44. The topological polar surface area (TPSA) is 50.8 Å². The summed E-state index contributed by atoms with van der Waals surface area (Å²) >= 11 is 6.96. The molecule has 4 nitrogen and oxygen atoms in total. The summed E-state index contributed by atoms with van der Waals surface area (Å²) in [4.78, 5) is 4.26. The zero-order valence-corrected chi connectivity index (χ0v) is 11.2. The average molecular weight is 251 g/mol. The number of hydrogen-bond donors (Lipinski definition) is 1. The molecule has 0 bridgehead atoms. The van der Waals surface area contributed by atoms with E-state index in [0.29, 0.717) is 0 Å². The summed E-state index contributed by atoms with van der Waals surface area (Å²) in [6, 6.07) is 0. The van der Waals surface area contributed by atoms with Crippen molar-refractivity contribution in [2.75, 3.05) is 13.8 Å². The van der Waals surface area contributed by atoms with Crippen LogP contribution >= 0.6 is 16.8 Å². The first kappa shape index (κ1) is 12.2. The minimum Gasteiger partial charge on any atom is -0.345 e. The van der Waals surface area contributed by atoms with Gasteiger partial charge in [-0.1, -0.05) is 23.2 Å². The molecule has 0 saturated carbocycles. The van der Waals surface area contributed by atoms with Crippen molar-refractivity contribution >= 4 is 28.7 Å². The van der Waals surface area contributed by atoms with E-state index in [1.165, 1.54) is 0 Å². The maximum atomic E-state index is 5.32. The molecule has 7 heteroatoms. The summed E-state index contributed by atoms with van der Waals surface area (Å²) in [7, 11) is 1.66. The van der Waals surface area contributed by atoms with E-state index in [2.05, 4.69) is 15.2 Å². The summed E-state index contributed by atoms with van der Waals surface area (Å²) in [6.45, 7) is 5.87. The lowest BCUT2D eigenvalue weighted by molar-refractivity contribution is 0.473. The van der Waals surface area contributed by atoms with Gasteiger partial charge in [0.05, 0.1) is 5.25 Å². The smallest absolute Gasteiger partial charge is 0.147 e. The van der Waals surface area contributed by atoms with Gasteiger partial charge in [-0.25, -0.2) is 4.98 Å². The van der Waals surface area contributed by atoms with E-state index in [0.717, 1.165) is 11.6 Å². The Morgan fingerprint density at radius 3 is 2.71 bits per heavy atom. The molecule has 2 atom stereocenters. The maximum absolute atomic E-state index is 5.32. The van der Waals surface area contributed by atoms with Crippen LogP contribution in [0.4, 0.5) is 0 Å². The Balaban J connectivity index is 2.68. The molecular weight excluding hydrogens is 237 g/mol. The Morgan fingerprint density at radius 2 is 2.29 bits per heavy atom. The SMILES string of the molecule is COP(C)(=S)SC(C)c1nc(C)n[nH]1. The van der Waals surface area contributed by atoms with Crippen LogP contribution in [0.25, 0.3) is 0 Å². The van der Waals surface area contributed by atoms with Crippen LogP contribution in [0.1, 0.15) is 23.8 Å². The van der Waals surface area contributed by atoms with Crippen molar-refractivity contribution in [1.29, 1.82) is 0 Å². The van der Waals surface area contributed by atoms with Crippen LogP contribution in [0.3, 0.4) is 0 Å². The molecule has 14 heavy (non-hydrogen) atoms. The number of aromatic amines is 1. The molecule has 0 amide bonds. The Morgan fingerprint density at radius 1 is 1.64 bits per heavy atom.